The van der Waals surface area contributed by atoms with E-state index in [2.05, 4.69) is 10.4 Å². The zero-order valence-corrected chi connectivity index (χ0v) is 11.6. The Morgan fingerprint density at radius 1 is 1.05 bits per heavy atom. The quantitative estimate of drug-likeness (QED) is 0.787. The molecule has 0 bridgehead atoms. The average Bonchev–Trinajstić information content (AvgIpc) is 2.85. The lowest BCUT2D eigenvalue weighted by atomic mass is 10.2. The van der Waals surface area contributed by atoms with Gasteiger partial charge in [0, 0.05) is 11.9 Å². The second-order valence-electron chi connectivity index (χ2n) is 4.73. The highest BCUT2D eigenvalue weighted by Crippen LogP contribution is 2.22. The SMILES string of the molecule is CCn1nc(CNc2c(F)cccc2F)c2ccccc21. The molecule has 5 heteroatoms. The van der Waals surface area contributed by atoms with Gasteiger partial charge in [-0.15, -0.1) is 0 Å². The molecule has 3 aromatic rings. The number of fused-ring (bicyclic) bond motifs is 1. The van der Waals surface area contributed by atoms with Gasteiger partial charge in [-0.05, 0) is 25.1 Å². The Kier molecular flexibility index (Phi) is 3.56. The zero-order valence-electron chi connectivity index (χ0n) is 11.6. The molecule has 0 radical (unpaired) electrons. The second-order valence-corrected chi connectivity index (χ2v) is 4.73. The van der Waals surface area contributed by atoms with Crippen LogP contribution < -0.4 is 5.32 Å². The average molecular weight is 287 g/mol. The lowest BCUT2D eigenvalue weighted by Gasteiger charge is -2.07. The van der Waals surface area contributed by atoms with Crippen LogP contribution >= 0.6 is 0 Å². The summed E-state index contributed by atoms with van der Waals surface area (Å²) in [6.07, 6.45) is 0. The highest BCUT2D eigenvalue weighted by molar-refractivity contribution is 5.82. The highest BCUT2D eigenvalue weighted by atomic mass is 19.1. The summed E-state index contributed by atoms with van der Waals surface area (Å²) >= 11 is 0. The summed E-state index contributed by atoms with van der Waals surface area (Å²) in [6, 6.07) is 11.6. The Morgan fingerprint density at radius 2 is 1.76 bits per heavy atom. The fourth-order valence-electron chi connectivity index (χ4n) is 2.41. The van der Waals surface area contributed by atoms with E-state index in [4.69, 9.17) is 0 Å². The molecule has 1 aromatic heterocycles. The molecule has 3 nitrogen and oxygen atoms in total. The number of aromatic nitrogens is 2. The lowest BCUT2D eigenvalue weighted by molar-refractivity contribution is 0.587. The molecular weight excluding hydrogens is 272 g/mol. The predicted molar refractivity (Wildman–Crippen MR) is 79.1 cm³/mol. The van der Waals surface area contributed by atoms with Crippen molar-refractivity contribution in [1.29, 1.82) is 0 Å². The van der Waals surface area contributed by atoms with Crippen LogP contribution in [-0.2, 0) is 13.1 Å². The van der Waals surface area contributed by atoms with E-state index in [1.807, 2.05) is 35.9 Å². The number of anilines is 1. The molecule has 0 aliphatic rings. The highest BCUT2D eigenvalue weighted by Gasteiger charge is 2.12. The van der Waals surface area contributed by atoms with E-state index < -0.39 is 11.6 Å². The summed E-state index contributed by atoms with van der Waals surface area (Å²) in [5.41, 5.74) is 1.67. The lowest BCUT2D eigenvalue weighted by Crippen LogP contribution is -2.05. The van der Waals surface area contributed by atoms with Gasteiger partial charge >= 0.3 is 0 Å². The van der Waals surface area contributed by atoms with Gasteiger partial charge in [-0.3, -0.25) is 4.68 Å². The third kappa shape index (κ3) is 2.46. The van der Waals surface area contributed by atoms with Crippen molar-refractivity contribution in [2.75, 3.05) is 5.32 Å². The summed E-state index contributed by atoms with van der Waals surface area (Å²) in [5, 5.41) is 8.28. The van der Waals surface area contributed by atoms with E-state index in [0.29, 0.717) is 0 Å². The molecule has 0 saturated heterocycles. The molecule has 2 aromatic carbocycles. The summed E-state index contributed by atoms with van der Waals surface area (Å²) in [7, 11) is 0. The summed E-state index contributed by atoms with van der Waals surface area (Å²) in [4.78, 5) is 0. The number of hydrogen-bond donors (Lipinski definition) is 1. The first-order valence-corrected chi connectivity index (χ1v) is 6.83. The Labute approximate surface area is 121 Å². The van der Waals surface area contributed by atoms with Gasteiger partial charge < -0.3 is 5.32 Å². The normalized spacial score (nSPS) is 11.0. The molecule has 0 saturated carbocycles. The fraction of sp³-hybridized carbons (Fsp3) is 0.188. The molecule has 0 unspecified atom stereocenters. The molecule has 1 heterocycles. The van der Waals surface area contributed by atoms with E-state index in [1.165, 1.54) is 18.2 Å². The van der Waals surface area contributed by atoms with Crippen LogP contribution in [0.1, 0.15) is 12.6 Å². The molecule has 0 spiro atoms. The monoisotopic (exact) mass is 287 g/mol. The summed E-state index contributed by atoms with van der Waals surface area (Å²) in [5.74, 6) is -1.21. The predicted octanol–water partition coefficient (Wildman–Crippen LogP) is 3.95. The number of benzene rings is 2. The van der Waals surface area contributed by atoms with Gasteiger partial charge in [0.05, 0.1) is 17.8 Å². The van der Waals surface area contributed by atoms with E-state index >= 15 is 0 Å². The van der Waals surface area contributed by atoms with Gasteiger partial charge in [-0.2, -0.15) is 5.10 Å². The molecule has 0 atom stereocenters. The van der Waals surface area contributed by atoms with Crippen molar-refractivity contribution in [3.05, 3.63) is 59.8 Å². The van der Waals surface area contributed by atoms with Gasteiger partial charge in [0.25, 0.3) is 0 Å². The molecule has 0 aliphatic carbocycles. The standard InChI is InChI=1S/C16H15F2N3/c1-2-21-15-9-4-3-6-11(15)14(20-21)10-19-16-12(17)7-5-8-13(16)18/h3-9,19H,2,10H2,1H3. The molecule has 0 amide bonds. The van der Waals surface area contributed by atoms with E-state index in [0.717, 1.165) is 23.1 Å². The number of rotatable bonds is 4. The number of para-hydroxylation sites is 2. The summed E-state index contributed by atoms with van der Waals surface area (Å²) in [6.45, 7) is 3.02. The van der Waals surface area contributed by atoms with Crippen LogP contribution in [0.3, 0.4) is 0 Å². The topological polar surface area (TPSA) is 29.9 Å². The first-order chi connectivity index (χ1) is 10.2. The van der Waals surface area contributed by atoms with Crippen LogP contribution in [0.15, 0.2) is 42.5 Å². The minimum atomic E-state index is -0.603. The van der Waals surface area contributed by atoms with E-state index in [-0.39, 0.29) is 12.2 Å². The molecule has 0 aliphatic heterocycles. The van der Waals surface area contributed by atoms with Crippen molar-refractivity contribution in [1.82, 2.24) is 9.78 Å². The van der Waals surface area contributed by atoms with Gasteiger partial charge in [0.15, 0.2) is 0 Å². The van der Waals surface area contributed by atoms with Crippen LogP contribution in [-0.4, -0.2) is 9.78 Å². The fourth-order valence-corrected chi connectivity index (χ4v) is 2.41. The molecule has 108 valence electrons. The van der Waals surface area contributed by atoms with Gasteiger partial charge in [0.2, 0.25) is 0 Å². The number of hydrogen-bond acceptors (Lipinski definition) is 2. The first-order valence-electron chi connectivity index (χ1n) is 6.83. The van der Waals surface area contributed by atoms with Crippen molar-refractivity contribution in [3.8, 4) is 0 Å². The minimum Gasteiger partial charge on any atom is -0.375 e. The van der Waals surface area contributed by atoms with Crippen LogP contribution in [0.2, 0.25) is 0 Å². The molecule has 21 heavy (non-hydrogen) atoms. The Bertz CT molecular complexity index is 760. The Balaban J connectivity index is 1.92. The largest absolute Gasteiger partial charge is 0.375 e. The number of halogens is 2. The number of aryl methyl sites for hydroxylation is 1. The molecule has 3 rings (SSSR count). The molecule has 1 N–H and O–H groups in total. The minimum absolute atomic E-state index is 0.118. The summed E-state index contributed by atoms with van der Waals surface area (Å²) < 4.78 is 29.1. The van der Waals surface area contributed by atoms with Crippen molar-refractivity contribution in [2.24, 2.45) is 0 Å². The maximum absolute atomic E-state index is 13.6. The van der Waals surface area contributed by atoms with Crippen molar-refractivity contribution in [3.63, 3.8) is 0 Å². The second kappa shape index (κ2) is 5.52. The third-order valence-electron chi connectivity index (χ3n) is 3.43. The van der Waals surface area contributed by atoms with Gasteiger partial charge in [-0.1, -0.05) is 24.3 Å². The maximum atomic E-state index is 13.6. The number of nitrogens with zero attached hydrogens (tertiary/aromatic N) is 2. The van der Waals surface area contributed by atoms with Crippen LogP contribution in [0.5, 0.6) is 0 Å². The maximum Gasteiger partial charge on any atom is 0.149 e. The Morgan fingerprint density at radius 3 is 2.48 bits per heavy atom. The van der Waals surface area contributed by atoms with Crippen molar-refractivity contribution < 1.29 is 8.78 Å². The van der Waals surface area contributed by atoms with Gasteiger partial charge in [-0.25, -0.2) is 8.78 Å². The van der Waals surface area contributed by atoms with E-state index in [1.54, 1.807) is 0 Å². The first kappa shape index (κ1) is 13.5. The van der Waals surface area contributed by atoms with Crippen LogP contribution in [0.25, 0.3) is 10.9 Å². The zero-order chi connectivity index (χ0) is 14.8. The van der Waals surface area contributed by atoms with Gasteiger partial charge in [0.1, 0.15) is 17.3 Å². The van der Waals surface area contributed by atoms with Crippen LogP contribution in [0, 0.1) is 11.6 Å². The Hall–Kier alpha value is -2.43. The number of nitrogens with one attached hydrogen (secondary N) is 1. The van der Waals surface area contributed by atoms with Crippen molar-refractivity contribution >= 4 is 16.6 Å². The third-order valence-corrected chi connectivity index (χ3v) is 3.43. The van der Waals surface area contributed by atoms with Crippen LogP contribution in [0.4, 0.5) is 14.5 Å². The smallest absolute Gasteiger partial charge is 0.149 e. The molecule has 0 fully saturated rings. The van der Waals surface area contributed by atoms with E-state index in [9.17, 15) is 8.78 Å². The molecular formula is C16H15F2N3. The van der Waals surface area contributed by atoms with Crippen molar-refractivity contribution in [2.45, 2.75) is 20.0 Å².